The van der Waals surface area contributed by atoms with Crippen LogP contribution in [0.2, 0.25) is 5.02 Å². The molecule has 3 rings (SSSR count). The van der Waals surface area contributed by atoms with Gasteiger partial charge >= 0.3 is 0 Å². The van der Waals surface area contributed by atoms with Crippen LogP contribution in [0.3, 0.4) is 0 Å². The second-order valence-electron chi connectivity index (χ2n) is 5.69. The number of hydrogen-bond donors (Lipinski definition) is 0. The molecule has 3 heteroatoms. The Morgan fingerprint density at radius 1 is 1.00 bits per heavy atom. The quantitative estimate of drug-likeness (QED) is 0.723. The van der Waals surface area contributed by atoms with E-state index in [1.165, 1.54) is 31.2 Å². The first-order valence-corrected chi connectivity index (χ1v) is 7.84. The van der Waals surface area contributed by atoms with Gasteiger partial charge in [0.15, 0.2) is 5.82 Å². The summed E-state index contributed by atoms with van der Waals surface area (Å²) in [4.78, 5) is 9.04. The molecule has 1 saturated carbocycles. The molecule has 0 radical (unpaired) electrons. The predicted molar refractivity (Wildman–Crippen MR) is 87.4 cm³/mol. The van der Waals surface area contributed by atoms with E-state index in [0.717, 1.165) is 16.4 Å². The van der Waals surface area contributed by atoms with Gasteiger partial charge in [0.1, 0.15) is 0 Å². The summed E-state index contributed by atoms with van der Waals surface area (Å²) in [6.45, 7) is 3.90. The van der Waals surface area contributed by atoms with Crippen LogP contribution in [0.15, 0.2) is 49.3 Å². The molecule has 0 bridgehead atoms. The third-order valence-electron chi connectivity index (χ3n) is 4.35. The molecular weight excluding hydrogens is 280 g/mol. The second kappa shape index (κ2) is 6.40. The number of hydrogen-bond acceptors (Lipinski definition) is 2. The van der Waals surface area contributed by atoms with E-state index < -0.39 is 0 Å². The van der Waals surface area contributed by atoms with Crippen molar-refractivity contribution in [3.05, 3.63) is 59.9 Å². The van der Waals surface area contributed by atoms with Gasteiger partial charge in [-0.2, -0.15) is 0 Å². The number of aromatic nitrogens is 2. The van der Waals surface area contributed by atoms with Crippen LogP contribution >= 0.6 is 11.6 Å². The first-order valence-electron chi connectivity index (χ1n) is 7.46. The molecule has 0 atom stereocenters. The Balaban J connectivity index is 1.72. The van der Waals surface area contributed by atoms with Gasteiger partial charge in [0, 0.05) is 23.0 Å². The van der Waals surface area contributed by atoms with Gasteiger partial charge in [0.25, 0.3) is 0 Å². The molecule has 1 heterocycles. The molecule has 0 saturated heterocycles. The summed E-state index contributed by atoms with van der Waals surface area (Å²) in [6, 6.07) is 7.63. The molecule has 2 aromatic rings. The smallest absolute Gasteiger partial charge is 0.159 e. The number of halogens is 1. The fourth-order valence-electron chi connectivity index (χ4n) is 2.99. The maximum Gasteiger partial charge on any atom is 0.159 e. The number of nitrogens with zero attached hydrogens (tertiary/aromatic N) is 2. The lowest BCUT2D eigenvalue weighted by atomic mass is 9.79. The first kappa shape index (κ1) is 14.3. The lowest BCUT2D eigenvalue weighted by molar-refractivity contribution is 0.375. The van der Waals surface area contributed by atoms with Crippen molar-refractivity contribution in [3.8, 4) is 11.4 Å². The van der Waals surface area contributed by atoms with Crippen LogP contribution in [-0.2, 0) is 0 Å². The Morgan fingerprint density at radius 3 is 2.19 bits per heavy atom. The van der Waals surface area contributed by atoms with E-state index in [4.69, 9.17) is 11.6 Å². The van der Waals surface area contributed by atoms with Gasteiger partial charge in [-0.15, -0.1) is 6.58 Å². The van der Waals surface area contributed by atoms with E-state index >= 15 is 0 Å². The summed E-state index contributed by atoms with van der Waals surface area (Å²) >= 11 is 5.90. The molecule has 1 aromatic carbocycles. The van der Waals surface area contributed by atoms with Crippen molar-refractivity contribution in [1.29, 1.82) is 0 Å². The molecule has 21 heavy (non-hydrogen) atoms. The van der Waals surface area contributed by atoms with Crippen LogP contribution in [0.4, 0.5) is 0 Å². The summed E-state index contributed by atoms with van der Waals surface area (Å²) in [6.07, 6.45) is 10.9. The van der Waals surface area contributed by atoms with Crippen molar-refractivity contribution in [2.75, 3.05) is 0 Å². The van der Waals surface area contributed by atoms with Crippen molar-refractivity contribution in [2.45, 2.75) is 31.6 Å². The molecule has 0 spiro atoms. The van der Waals surface area contributed by atoms with Gasteiger partial charge in [-0.25, -0.2) is 9.97 Å². The minimum atomic E-state index is 0.598. The Hall–Kier alpha value is -1.67. The molecule has 0 unspecified atom stereocenters. The highest BCUT2D eigenvalue weighted by Gasteiger charge is 2.21. The molecular formula is C18H19ClN2. The predicted octanol–water partition coefficient (Wildman–Crippen LogP) is 5.26. The highest BCUT2D eigenvalue weighted by atomic mass is 35.5. The fourth-order valence-corrected chi connectivity index (χ4v) is 3.11. The van der Waals surface area contributed by atoms with Gasteiger partial charge in [-0.3, -0.25) is 0 Å². The largest absolute Gasteiger partial charge is 0.236 e. The maximum absolute atomic E-state index is 5.90. The average Bonchev–Trinajstić information content (AvgIpc) is 2.56. The zero-order valence-corrected chi connectivity index (χ0v) is 12.8. The van der Waals surface area contributed by atoms with Crippen molar-refractivity contribution in [3.63, 3.8) is 0 Å². The third-order valence-corrected chi connectivity index (χ3v) is 4.60. The highest BCUT2D eigenvalue weighted by molar-refractivity contribution is 6.30. The molecule has 2 nitrogen and oxygen atoms in total. The lowest BCUT2D eigenvalue weighted by Crippen LogP contribution is -2.12. The maximum atomic E-state index is 5.90. The summed E-state index contributed by atoms with van der Waals surface area (Å²) in [5.41, 5.74) is 2.26. The zero-order valence-electron chi connectivity index (χ0n) is 12.0. The number of benzene rings is 1. The minimum absolute atomic E-state index is 0.598. The third kappa shape index (κ3) is 3.33. The van der Waals surface area contributed by atoms with E-state index in [1.807, 2.05) is 36.7 Å². The van der Waals surface area contributed by atoms with E-state index in [-0.39, 0.29) is 0 Å². The van der Waals surface area contributed by atoms with Crippen LogP contribution in [-0.4, -0.2) is 9.97 Å². The lowest BCUT2D eigenvalue weighted by Gasteiger charge is -2.26. The molecule has 0 N–H and O–H groups in total. The molecule has 1 aromatic heterocycles. The Labute approximate surface area is 130 Å². The average molecular weight is 299 g/mol. The van der Waals surface area contributed by atoms with Crippen LogP contribution in [0.5, 0.6) is 0 Å². The molecule has 0 aliphatic heterocycles. The first-order chi connectivity index (χ1) is 10.3. The minimum Gasteiger partial charge on any atom is -0.236 e. The van der Waals surface area contributed by atoms with Gasteiger partial charge in [-0.1, -0.05) is 17.7 Å². The Morgan fingerprint density at radius 2 is 1.62 bits per heavy atom. The number of rotatable bonds is 3. The van der Waals surface area contributed by atoms with Crippen molar-refractivity contribution < 1.29 is 0 Å². The Bertz CT molecular complexity index is 596. The van der Waals surface area contributed by atoms with Crippen LogP contribution < -0.4 is 0 Å². The summed E-state index contributed by atoms with van der Waals surface area (Å²) in [5.74, 6) is 2.05. The van der Waals surface area contributed by atoms with E-state index in [1.54, 1.807) is 0 Å². The monoisotopic (exact) mass is 298 g/mol. The SMILES string of the molecule is C=C[C@H]1CC[C@H](c2cnc(-c3ccc(Cl)cc3)nc2)CC1. The fraction of sp³-hybridized carbons (Fsp3) is 0.333. The van der Waals surface area contributed by atoms with Crippen molar-refractivity contribution >= 4 is 11.6 Å². The summed E-state index contributed by atoms with van der Waals surface area (Å²) in [7, 11) is 0. The molecule has 1 aliphatic carbocycles. The standard InChI is InChI=1S/C18H19ClN2/c1-2-13-3-5-14(6-4-13)16-11-20-18(21-12-16)15-7-9-17(19)10-8-15/h2,7-14H,1,3-6H2/t13-,14-. The molecule has 1 fully saturated rings. The summed E-state index contributed by atoms with van der Waals surface area (Å²) < 4.78 is 0. The van der Waals surface area contributed by atoms with Crippen LogP contribution in [0, 0.1) is 5.92 Å². The molecule has 108 valence electrons. The van der Waals surface area contributed by atoms with Crippen LogP contribution in [0.1, 0.15) is 37.2 Å². The molecule has 1 aliphatic rings. The highest BCUT2D eigenvalue weighted by Crippen LogP contribution is 2.35. The van der Waals surface area contributed by atoms with E-state index in [9.17, 15) is 0 Å². The second-order valence-corrected chi connectivity index (χ2v) is 6.13. The van der Waals surface area contributed by atoms with E-state index in [2.05, 4.69) is 22.6 Å². The topological polar surface area (TPSA) is 25.8 Å². The van der Waals surface area contributed by atoms with E-state index in [0.29, 0.717) is 11.8 Å². The van der Waals surface area contributed by atoms with Gasteiger partial charge in [0.05, 0.1) is 0 Å². The van der Waals surface area contributed by atoms with Gasteiger partial charge in [0.2, 0.25) is 0 Å². The van der Waals surface area contributed by atoms with Crippen LogP contribution in [0.25, 0.3) is 11.4 Å². The van der Waals surface area contributed by atoms with Gasteiger partial charge < -0.3 is 0 Å². The normalized spacial score (nSPS) is 22.0. The number of allylic oxidation sites excluding steroid dienone is 1. The van der Waals surface area contributed by atoms with Gasteiger partial charge in [-0.05, 0) is 67.3 Å². The molecule has 0 amide bonds. The Kier molecular flexibility index (Phi) is 4.35. The summed E-state index contributed by atoms with van der Waals surface area (Å²) in [5, 5.41) is 0.731. The van der Waals surface area contributed by atoms with Crippen molar-refractivity contribution in [1.82, 2.24) is 9.97 Å². The van der Waals surface area contributed by atoms with Crippen molar-refractivity contribution in [2.24, 2.45) is 5.92 Å². The zero-order chi connectivity index (χ0) is 14.7.